The Kier molecular flexibility index (Phi) is 5.52. The smallest absolute Gasteiger partial charge is 0.128 e. The van der Waals surface area contributed by atoms with E-state index in [1.807, 2.05) is 6.07 Å². The molecule has 0 saturated heterocycles. The molecule has 0 aliphatic heterocycles. The number of hydrogen-bond donors (Lipinski definition) is 1. The minimum atomic E-state index is -0.275. The first-order chi connectivity index (χ1) is 9.70. The van der Waals surface area contributed by atoms with E-state index in [-0.39, 0.29) is 5.82 Å². The van der Waals surface area contributed by atoms with Crippen LogP contribution in [0.2, 0.25) is 5.02 Å². The molecule has 0 amide bonds. The van der Waals surface area contributed by atoms with Crippen LogP contribution in [-0.2, 0) is 17.8 Å². The van der Waals surface area contributed by atoms with Crippen molar-refractivity contribution < 1.29 is 9.13 Å². The Morgan fingerprint density at radius 2 is 2.25 bits per heavy atom. The molecule has 0 spiro atoms. The molecule has 2 rings (SSSR count). The van der Waals surface area contributed by atoms with E-state index >= 15 is 0 Å². The fourth-order valence-corrected chi connectivity index (χ4v) is 2.06. The Morgan fingerprint density at radius 3 is 3.05 bits per heavy atom. The second kappa shape index (κ2) is 7.38. The Balaban J connectivity index is 2.02. The fraction of sp³-hybridized carbons (Fsp3) is 0.357. The predicted octanol–water partition coefficient (Wildman–Crippen LogP) is 2.46. The Bertz CT molecular complexity index is 559. The van der Waals surface area contributed by atoms with Gasteiger partial charge in [0.1, 0.15) is 5.82 Å². The molecule has 0 aliphatic rings. The summed E-state index contributed by atoms with van der Waals surface area (Å²) in [6.45, 7) is 2.43. The van der Waals surface area contributed by atoms with Crippen LogP contribution in [0.25, 0.3) is 0 Å². The van der Waals surface area contributed by atoms with Crippen LogP contribution < -0.4 is 5.32 Å². The number of aromatic nitrogens is 2. The van der Waals surface area contributed by atoms with Crippen molar-refractivity contribution in [2.24, 2.45) is 0 Å². The normalized spacial score (nSPS) is 10.9. The van der Waals surface area contributed by atoms with Crippen molar-refractivity contribution >= 4 is 11.6 Å². The monoisotopic (exact) mass is 297 g/mol. The minimum Gasteiger partial charge on any atom is -0.383 e. The van der Waals surface area contributed by atoms with Gasteiger partial charge in [-0.1, -0.05) is 11.6 Å². The molecule has 0 aliphatic carbocycles. The van der Waals surface area contributed by atoms with Crippen molar-refractivity contribution in [3.8, 4) is 0 Å². The lowest BCUT2D eigenvalue weighted by Gasteiger charge is -2.09. The number of nitrogens with zero attached hydrogens (tertiary/aromatic N) is 2. The van der Waals surface area contributed by atoms with E-state index in [9.17, 15) is 4.39 Å². The lowest BCUT2D eigenvalue weighted by atomic mass is 10.2. The number of ether oxygens (including phenoxy) is 1. The lowest BCUT2D eigenvalue weighted by Crippen LogP contribution is -2.21. The van der Waals surface area contributed by atoms with Crippen LogP contribution in [0, 0.1) is 5.82 Å². The van der Waals surface area contributed by atoms with Gasteiger partial charge in [0.25, 0.3) is 0 Å². The van der Waals surface area contributed by atoms with Crippen LogP contribution in [0.5, 0.6) is 0 Å². The summed E-state index contributed by atoms with van der Waals surface area (Å²) < 4.78 is 20.4. The molecule has 0 unspecified atom stereocenters. The molecule has 20 heavy (non-hydrogen) atoms. The van der Waals surface area contributed by atoms with E-state index in [4.69, 9.17) is 16.3 Å². The molecular formula is C14H17ClFN3O. The van der Waals surface area contributed by atoms with Crippen LogP contribution >= 0.6 is 11.6 Å². The molecule has 108 valence electrons. The largest absolute Gasteiger partial charge is 0.383 e. The fourth-order valence-electron chi connectivity index (χ4n) is 1.87. The molecule has 0 bridgehead atoms. The molecule has 2 aromatic rings. The molecule has 4 nitrogen and oxygen atoms in total. The van der Waals surface area contributed by atoms with Gasteiger partial charge in [-0.05, 0) is 24.3 Å². The summed E-state index contributed by atoms with van der Waals surface area (Å²) in [5, 5.41) is 7.97. The van der Waals surface area contributed by atoms with Crippen LogP contribution in [-0.4, -0.2) is 30.0 Å². The van der Waals surface area contributed by atoms with Gasteiger partial charge in [-0.15, -0.1) is 0 Å². The first kappa shape index (κ1) is 15.0. The van der Waals surface area contributed by atoms with E-state index < -0.39 is 0 Å². The topological polar surface area (TPSA) is 39.1 Å². The van der Waals surface area contributed by atoms with Gasteiger partial charge in [-0.2, -0.15) is 5.10 Å². The highest BCUT2D eigenvalue weighted by Crippen LogP contribution is 2.16. The highest BCUT2D eigenvalue weighted by molar-refractivity contribution is 6.30. The minimum absolute atomic E-state index is 0.275. The molecule has 1 N–H and O–H groups in total. The maximum atomic E-state index is 13.7. The zero-order chi connectivity index (χ0) is 14.4. The molecule has 6 heteroatoms. The van der Waals surface area contributed by atoms with E-state index in [0.29, 0.717) is 30.3 Å². The van der Waals surface area contributed by atoms with E-state index in [2.05, 4.69) is 10.4 Å². The highest BCUT2D eigenvalue weighted by atomic mass is 35.5. The van der Waals surface area contributed by atoms with Gasteiger partial charge in [0.05, 0.1) is 18.8 Å². The van der Waals surface area contributed by atoms with Gasteiger partial charge in [-0.25, -0.2) is 4.39 Å². The van der Waals surface area contributed by atoms with Crippen LogP contribution in [0.1, 0.15) is 11.3 Å². The maximum absolute atomic E-state index is 13.7. The Labute approximate surface area is 122 Å². The first-order valence-corrected chi connectivity index (χ1v) is 6.73. The molecular weight excluding hydrogens is 281 g/mol. The third-order valence-electron chi connectivity index (χ3n) is 2.92. The summed E-state index contributed by atoms with van der Waals surface area (Å²) in [6, 6.07) is 6.44. The van der Waals surface area contributed by atoms with Crippen LogP contribution in [0.15, 0.2) is 30.5 Å². The van der Waals surface area contributed by atoms with Gasteiger partial charge in [0.15, 0.2) is 0 Å². The quantitative estimate of drug-likeness (QED) is 0.798. The third-order valence-corrected chi connectivity index (χ3v) is 3.16. The van der Waals surface area contributed by atoms with Crippen molar-refractivity contribution in [2.75, 3.05) is 20.3 Å². The average molecular weight is 298 g/mol. The summed E-state index contributed by atoms with van der Waals surface area (Å²) in [7, 11) is 1.66. The van der Waals surface area contributed by atoms with E-state index in [1.165, 1.54) is 12.1 Å². The van der Waals surface area contributed by atoms with Crippen molar-refractivity contribution in [1.29, 1.82) is 0 Å². The molecule has 0 radical (unpaired) electrons. The molecule has 1 heterocycles. The summed E-state index contributed by atoms with van der Waals surface area (Å²) in [6.07, 6.45) is 1.70. The lowest BCUT2D eigenvalue weighted by molar-refractivity contribution is 0.199. The Hall–Kier alpha value is -1.43. The number of methoxy groups -OCH3 is 1. The van der Waals surface area contributed by atoms with Crippen molar-refractivity contribution in [2.45, 2.75) is 13.1 Å². The zero-order valence-electron chi connectivity index (χ0n) is 11.3. The number of nitrogens with one attached hydrogen (secondary N) is 1. The van der Waals surface area contributed by atoms with Crippen LogP contribution in [0.3, 0.4) is 0 Å². The summed E-state index contributed by atoms with van der Waals surface area (Å²) in [5.74, 6) is -0.275. The van der Waals surface area contributed by atoms with Gasteiger partial charge in [0, 0.05) is 37.0 Å². The molecule has 0 fully saturated rings. The number of rotatable bonds is 7. The van der Waals surface area contributed by atoms with Gasteiger partial charge in [0.2, 0.25) is 0 Å². The van der Waals surface area contributed by atoms with Crippen LogP contribution in [0.4, 0.5) is 4.39 Å². The summed E-state index contributed by atoms with van der Waals surface area (Å²) in [4.78, 5) is 0. The summed E-state index contributed by atoms with van der Waals surface area (Å²) >= 11 is 5.89. The zero-order valence-corrected chi connectivity index (χ0v) is 12.0. The second-order valence-electron chi connectivity index (χ2n) is 4.39. The highest BCUT2D eigenvalue weighted by Gasteiger charge is 2.07. The number of halogens is 2. The molecule has 0 saturated carbocycles. The van der Waals surface area contributed by atoms with Crippen molar-refractivity contribution in [1.82, 2.24) is 15.1 Å². The van der Waals surface area contributed by atoms with E-state index in [0.717, 1.165) is 12.2 Å². The number of benzene rings is 1. The Morgan fingerprint density at radius 1 is 1.40 bits per heavy atom. The average Bonchev–Trinajstić information content (AvgIpc) is 2.86. The van der Waals surface area contributed by atoms with Crippen molar-refractivity contribution in [3.63, 3.8) is 0 Å². The molecule has 1 aromatic carbocycles. The van der Waals surface area contributed by atoms with Gasteiger partial charge >= 0.3 is 0 Å². The van der Waals surface area contributed by atoms with Gasteiger partial charge < -0.3 is 10.1 Å². The SMILES string of the molecule is COCCNCc1ccnn1Cc1cc(Cl)ccc1F. The standard InChI is InChI=1S/C14H17ClFN3O/c1-20-7-6-17-9-13-4-5-18-19(13)10-11-8-12(15)2-3-14(11)16/h2-5,8,17H,6-7,9-10H2,1H3. The second-order valence-corrected chi connectivity index (χ2v) is 4.82. The first-order valence-electron chi connectivity index (χ1n) is 6.35. The maximum Gasteiger partial charge on any atom is 0.128 e. The number of hydrogen-bond acceptors (Lipinski definition) is 3. The third kappa shape index (κ3) is 4.03. The van der Waals surface area contributed by atoms with Crippen molar-refractivity contribution in [3.05, 3.63) is 52.6 Å². The predicted molar refractivity (Wildman–Crippen MR) is 76.3 cm³/mol. The van der Waals surface area contributed by atoms with E-state index in [1.54, 1.807) is 24.1 Å². The summed E-state index contributed by atoms with van der Waals surface area (Å²) in [5.41, 5.74) is 1.51. The molecule has 1 aromatic heterocycles. The molecule has 0 atom stereocenters. The van der Waals surface area contributed by atoms with Gasteiger partial charge in [-0.3, -0.25) is 4.68 Å².